The highest BCUT2D eigenvalue weighted by Crippen LogP contribution is 2.07. The zero-order valence-corrected chi connectivity index (χ0v) is 10.3. The zero-order valence-electron chi connectivity index (χ0n) is 10.3. The normalized spacial score (nSPS) is 9.53. The van der Waals surface area contributed by atoms with Gasteiger partial charge < -0.3 is 0 Å². The molecule has 0 N–H and O–H groups in total. The van der Waals surface area contributed by atoms with Gasteiger partial charge in [0.1, 0.15) is 0 Å². The molecule has 0 saturated heterocycles. The van der Waals surface area contributed by atoms with Crippen LogP contribution in [0.1, 0.15) is 29.2 Å². The Morgan fingerprint density at radius 2 is 1.59 bits per heavy atom. The lowest BCUT2D eigenvalue weighted by Crippen LogP contribution is -1.82. The van der Waals surface area contributed by atoms with Crippen molar-refractivity contribution in [2.45, 2.75) is 20.3 Å². The van der Waals surface area contributed by atoms with Crippen molar-refractivity contribution in [2.75, 3.05) is 0 Å². The van der Waals surface area contributed by atoms with Crippen LogP contribution in [0.2, 0.25) is 0 Å². The molecule has 0 fully saturated rings. The van der Waals surface area contributed by atoms with E-state index in [0.717, 1.165) is 17.5 Å². The Balaban J connectivity index is 2.24. The second-order valence-corrected chi connectivity index (χ2v) is 4.12. The summed E-state index contributed by atoms with van der Waals surface area (Å²) in [5.41, 5.74) is 4.76. The Kier molecular flexibility index (Phi) is 3.62. The molecule has 0 spiro atoms. The molecule has 17 heavy (non-hydrogen) atoms. The highest BCUT2D eigenvalue weighted by Gasteiger charge is 1.92. The standard InChI is InChI=1S/C17H16/c1-3-15-8-10-16(11-9-15)12-13-17-7-5-4-6-14(17)2/h4-11H,3H2,1-2H3. The third kappa shape index (κ3) is 2.98. The third-order valence-corrected chi connectivity index (χ3v) is 2.85. The van der Waals surface area contributed by atoms with Crippen molar-refractivity contribution in [3.63, 3.8) is 0 Å². The lowest BCUT2D eigenvalue weighted by Gasteiger charge is -1.96. The number of benzene rings is 2. The van der Waals surface area contributed by atoms with Gasteiger partial charge in [-0.1, -0.05) is 49.1 Å². The zero-order chi connectivity index (χ0) is 12.1. The minimum Gasteiger partial charge on any atom is -0.0619 e. The molecule has 0 amide bonds. The molecule has 0 saturated carbocycles. The van der Waals surface area contributed by atoms with Gasteiger partial charge in [0.05, 0.1) is 0 Å². The van der Waals surface area contributed by atoms with Crippen LogP contribution in [0.5, 0.6) is 0 Å². The quantitative estimate of drug-likeness (QED) is 0.638. The lowest BCUT2D eigenvalue weighted by molar-refractivity contribution is 1.14. The van der Waals surface area contributed by atoms with Crippen LogP contribution in [0.25, 0.3) is 0 Å². The SMILES string of the molecule is CCc1ccc(C#Cc2ccccc2C)cc1. The fourth-order valence-electron chi connectivity index (χ4n) is 1.68. The van der Waals surface area contributed by atoms with E-state index in [4.69, 9.17) is 0 Å². The molecule has 0 heteroatoms. The topological polar surface area (TPSA) is 0 Å². The fourth-order valence-corrected chi connectivity index (χ4v) is 1.68. The van der Waals surface area contributed by atoms with Crippen LogP contribution >= 0.6 is 0 Å². The highest BCUT2D eigenvalue weighted by atomic mass is 14.0. The van der Waals surface area contributed by atoms with E-state index in [9.17, 15) is 0 Å². The average Bonchev–Trinajstić information content (AvgIpc) is 2.38. The first-order valence-corrected chi connectivity index (χ1v) is 5.96. The summed E-state index contributed by atoms with van der Waals surface area (Å²) in [6.45, 7) is 4.25. The summed E-state index contributed by atoms with van der Waals surface area (Å²) in [6, 6.07) is 16.7. The molecule has 2 rings (SSSR count). The summed E-state index contributed by atoms with van der Waals surface area (Å²) in [4.78, 5) is 0. The first-order chi connectivity index (χ1) is 8.29. The van der Waals surface area contributed by atoms with Crippen molar-refractivity contribution in [1.29, 1.82) is 0 Å². The van der Waals surface area contributed by atoms with Crippen molar-refractivity contribution in [3.05, 3.63) is 70.8 Å². The Morgan fingerprint density at radius 3 is 2.24 bits per heavy atom. The van der Waals surface area contributed by atoms with Gasteiger partial charge in [0, 0.05) is 11.1 Å². The van der Waals surface area contributed by atoms with Gasteiger partial charge >= 0.3 is 0 Å². The lowest BCUT2D eigenvalue weighted by atomic mass is 10.1. The van der Waals surface area contributed by atoms with E-state index in [1.54, 1.807) is 0 Å². The van der Waals surface area contributed by atoms with Crippen LogP contribution in [0.4, 0.5) is 0 Å². The number of hydrogen-bond donors (Lipinski definition) is 0. The Morgan fingerprint density at radius 1 is 0.882 bits per heavy atom. The molecule has 84 valence electrons. The van der Waals surface area contributed by atoms with E-state index < -0.39 is 0 Å². The molecule has 0 aliphatic heterocycles. The number of aryl methyl sites for hydroxylation is 2. The van der Waals surface area contributed by atoms with E-state index in [2.05, 4.69) is 62.1 Å². The van der Waals surface area contributed by atoms with Gasteiger partial charge in [-0.05, 0) is 42.7 Å². The Bertz CT molecular complexity index is 551. The van der Waals surface area contributed by atoms with Crippen molar-refractivity contribution < 1.29 is 0 Å². The van der Waals surface area contributed by atoms with E-state index >= 15 is 0 Å². The van der Waals surface area contributed by atoms with Crippen LogP contribution in [-0.4, -0.2) is 0 Å². The molecule has 0 radical (unpaired) electrons. The molecule has 0 heterocycles. The molecule has 0 aromatic heterocycles. The Hall–Kier alpha value is -2.00. The van der Waals surface area contributed by atoms with E-state index in [-0.39, 0.29) is 0 Å². The monoisotopic (exact) mass is 220 g/mol. The summed E-state index contributed by atoms with van der Waals surface area (Å²) >= 11 is 0. The van der Waals surface area contributed by atoms with Gasteiger partial charge in [0.25, 0.3) is 0 Å². The second-order valence-electron chi connectivity index (χ2n) is 4.12. The summed E-state index contributed by atoms with van der Waals surface area (Å²) in [6.07, 6.45) is 1.07. The maximum atomic E-state index is 3.22. The van der Waals surface area contributed by atoms with Crippen molar-refractivity contribution >= 4 is 0 Å². The second kappa shape index (κ2) is 5.37. The molecule has 2 aromatic carbocycles. The predicted octanol–water partition coefficient (Wildman–Crippen LogP) is 3.96. The van der Waals surface area contributed by atoms with Gasteiger partial charge in [-0.2, -0.15) is 0 Å². The van der Waals surface area contributed by atoms with Gasteiger partial charge in [0.2, 0.25) is 0 Å². The molecule has 0 nitrogen and oxygen atoms in total. The summed E-state index contributed by atoms with van der Waals surface area (Å²) in [5.74, 6) is 6.42. The van der Waals surface area contributed by atoms with E-state index in [0.29, 0.717) is 0 Å². The minimum atomic E-state index is 1.07. The Labute approximate surface area is 103 Å². The van der Waals surface area contributed by atoms with Crippen LogP contribution in [0.15, 0.2) is 48.5 Å². The fraction of sp³-hybridized carbons (Fsp3) is 0.176. The molecule has 0 atom stereocenters. The largest absolute Gasteiger partial charge is 0.0619 e. The molecular formula is C17H16. The van der Waals surface area contributed by atoms with Gasteiger partial charge in [-0.15, -0.1) is 0 Å². The highest BCUT2D eigenvalue weighted by molar-refractivity contribution is 5.46. The van der Waals surface area contributed by atoms with Crippen LogP contribution in [0, 0.1) is 18.8 Å². The molecule has 2 aromatic rings. The van der Waals surface area contributed by atoms with Gasteiger partial charge in [-0.3, -0.25) is 0 Å². The van der Waals surface area contributed by atoms with Crippen LogP contribution < -0.4 is 0 Å². The molecule has 0 bridgehead atoms. The molecule has 0 aliphatic carbocycles. The smallest absolute Gasteiger partial charge is 0.0278 e. The molecular weight excluding hydrogens is 204 g/mol. The van der Waals surface area contributed by atoms with Crippen LogP contribution in [0.3, 0.4) is 0 Å². The van der Waals surface area contributed by atoms with Crippen LogP contribution in [-0.2, 0) is 6.42 Å². The molecule has 0 unspecified atom stereocenters. The van der Waals surface area contributed by atoms with Crippen molar-refractivity contribution in [2.24, 2.45) is 0 Å². The maximum absolute atomic E-state index is 3.22. The van der Waals surface area contributed by atoms with E-state index in [1.165, 1.54) is 11.1 Å². The first kappa shape index (κ1) is 11.5. The number of hydrogen-bond acceptors (Lipinski definition) is 0. The first-order valence-electron chi connectivity index (χ1n) is 5.96. The molecule has 0 aliphatic rings. The van der Waals surface area contributed by atoms with Crippen molar-refractivity contribution in [3.8, 4) is 11.8 Å². The van der Waals surface area contributed by atoms with Gasteiger partial charge in [0.15, 0.2) is 0 Å². The minimum absolute atomic E-state index is 1.07. The van der Waals surface area contributed by atoms with Gasteiger partial charge in [-0.25, -0.2) is 0 Å². The predicted molar refractivity (Wildman–Crippen MR) is 73.0 cm³/mol. The average molecular weight is 220 g/mol. The van der Waals surface area contributed by atoms with E-state index in [1.807, 2.05) is 12.1 Å². The maximum Gasteiger partial charge on any atom is 0.0278 e. The summed E-state index contributed by atoms with van der Waals surface area (Å²) < 4.78 is 0. The van der Waals surface area contributed by atoms with Crippen molar-refractivity contribution in [1.82, 2.24) is 0 Å². The third-order valence-electron chi connectivity index (χ3n) is 2.85. The number of rotatable bonds is 1. The summed E-state index contributed by atoms with van der Waals surface area (Å²) in [5, 5.41) is 0. The summed E-state index contributed by atoms with van der Waals surface area (Å²) in [7, 11) is 0.